The lowest BCUT2D eigenvalue weighted by Gasteiger charge is -2.25. The van der Waals surface area contributed by atoms with E-state index >= 15 is 0 Å². The minimum Gasteiger partial charge on any atom is -0.481 e. The van der Waals surface area contributed by atoms with Crippen molar-refractivity contribution in [3.05, 3.63) is 34.4 Å². The van der Waals surface area contributed by atoms with Crippen LogP contribution in [0.2, 0.25) is 0 Å². The van der Waals surface area contributed by atoms with Crippen LogP contribution < -0.4 is 0 Å². The quantitative estimate of drug-likeness (QED) is 0.902. The summed E-state index contributed by atoms with van der Waals surface area (Å²) in [5.74, 6) is -1.31. The van der Waals surface area contributed by atoms with Crippen molar-refractivity contribution in [3.8, 4) is 0 Å². The van der Waals surface area contributed by atoms with Crippen LogP contribution in [0.3, 0.4) is 0 Å². The van der Waals surface area contributed by atoms with Gasteiger partial charge in [-0.15, -0.1) is 0 Å². The van der Waals surface area contributed by atoms with Gasteiger partial charge in [-0.25, -0.2) is 0 Å². The van der Waals surface area contributed by atoms with Crippen LogP contribution in [0.25, 0.3) is 0 Å². The minimum absolute atomic E-state index is 0.0451. The number of carbonyl (C=O) groups is 2. The summed E-state index contributed by atoms with van der Waals surface area (Å²) in [5.41, 5.74) is 3.76. The maximum absolute atomic E-state index is 12.7. The molecule has 2 rings (SSSR count). The van der Waals surface area contributed by atoms with Gasteiger partial charge < -0.3 is 10.0 Å². The zero-order valence-corrected chi connectivity index (χ0v) is 12.4. The molecule has 108 valence electrons. The van der Waals surface area contributed by atoms with E-state index in [9.17, 15) is 9.59 Å². The summed E-state index contributed by atoms with van der Waals surface area (Å²) in [6.07, 6.45) is 0.534. The number of carboxylic acids is 1. The van der Waals surface area contributed by atoms with Gasteiger partial charge in [-0.1, -0.05) is 17.7 Å². The summed E-state index contributed by atoms with van der Waals surface area (Å²) in [5, 5.41) is 9.16. The molecule has 0 bridgehead atoms. The van der Waals surface area contributed by atoms with Crippen LogP contribution in [0.5, 0.6) is 0 Å². The van der Waals surface area contributed by atoms with Crippen LogP contribution in [-0.2, 0) is 4.79 Å². The summed E-state index contributed by atoms with van der Waals surface area (Å²) >= 11 is 0. The Hall–Kier alpha value is -1.84. The Balaban J connectivity index is 2.32. The Morgan fingerprint density at radius 1 is 1.20 bits per heavy atom. The van der Waals surface area contributed by atoms with Gasteiger partial charge in [0.05, 0.1) is 5.92 Å². The molecule has 1 aromatic rings. The molecule has 1 fully saturated rings. The third-order valence-corrected chi connectivity index (χ3v) is 4.22. The van der Waals surface area contributed by atoms with Gasteiger partial charge in [0.2, 0.25) is 0 Å². The topological polar surface area (TPSA) is 57.6 Å². The van der Waals surface area contributed by atoms with Gasteiger partial charge in [-0.2, -0.15) is 0 Å². The number of benzene rings is 1. The molecule has 4 heteroatoms. The third kappa shape index (κ3) is 2.42. The molecular weight excluding hydrogens is 254 g/mol. The van der Waals surface area contributed by atoms with Crippen molar-refractivity contribution in [2.24, 2.45) is 5.92 Å². The number of likely N-dealkylation sites (tertiary alicyclic amines) is 1. The lowest BCUT2D eigenvalue weighted by molar-refractivity contribution is -0.142. The van der Waals surface area contributed by atoms with Crippen molar-refractivity contribution >= 4 is 11.9 Å². The first kappa shape index (κ1) is 14.6. The highest BCUT2D eigenvalue weighted by atomic mass is 16.4. The van der Waals surface area contributed by atoms with E-state index in [2.05, 4.69) is 0 Å². The number of hydrogen-bond donors (Lipinski definition) is 1. The van der Waals surface area contributed by atoms with Crippen molar-refractivity contribution in [2.75, 3.05) is 6.54 Å². The molecule has 1 aliphatic heterocycles. The fraction of sp³-hybridized carbons (Fsp3) is 0.500. The molecule has 0 saturated carbocycles. The lowest BCUT2D eigenvalue weighted by atomic mass is 9.98. The zero-order chi connectivity index (χ0) is 15.0. The monoisotopic (exact) mass is 275 g/mol. The second kappa shape index (κ2) is 5.27. The Kier molecular flexibility index (Phi) is 3.84. The van der Waals surface area contributed by atoms with Gasteiger partial charge in [-0.05, 0) is 45.2 Å². The van der Waals surface area contributed by atoms with Crippen molar-refractivity contribution in [2.45, 2.75) is 40.2 Å². The van der Waals surface area contributed by atoms with Crippen LogP contribution in [0.1, 0.15) is 40.4 Å². The van der Waals surface area contributed by atoms with Gasteiger partial charge in [0.25, 0.3) is 5.91 Å². The molecule has 0 spiro atoms. The average Bonchev–Trinajstić information content (AvgIpc) is 2.69. The number of carboxylic acid groups (broad SMARTS) is 1. The molecule has 1 aliphatic rings. The molecule has 0 radical (unpaired) electrons. The highest BCUT2D eigenvalue weighted by Crippen LogP contribution is 2.28. The Bertz CT molecular complexity index is 542. The second-order valence-corrected chi connectivity index (χ2v) is 5.75. The van der Waals surface area contributed by atoms with E-state index in [1.54, 1.807) is 4.90 Å². The minimum atomic E-state index is -0.815. The molecule has 2 unspecified atom stereocenters. The van der Waals surface area contributed by atoms with Crippen molar-refractivity contribution < 1.29 is 14.7 Å². The summed E-state index contributed by atoms with van der Waals surface area (Å²) in [7, 11) is 0. The smallest absolute Gasteiger partial charge is 0.308 e. The molecular formula is C16H21NO3. The van der Waals surface area contributed by atoms with E-state index in [1.165, 1.54) is 0 Å². The third-order valence-electron chi connectivity index (χ3n) is 4.22. The zero-order valence-electron chi connectivity index (χ0n) is 12.4. The van der Waals surface area contributed by atoms with E-state index in [1.807, 2.05) is 39.8 Å². The number of nitrogens with zero attached hydrogens (tertiary/aromatic N) is 1. The van der Waals surface area contributed by atoms with Gasteiger partial charge in [0.1, 0.15) is 0 Å². The Morgan fingerprint density at radius 3 is 2.20 bits per heavy atom. The van der Waals surface area contributed by atoms with E-state index in [4.69, 9.17) is 5.11 Å². The van der Waals surface area contributed by atoms with Crippen LogP contribution in [0, 0.1) is 26.7 Å². The fourth-order valence-electron chi connectivity index (χ4n) is 3.22. The molecule has 1 N–H and O–H groups in total. The summed E-state index contributed by atoms with van der Waals surface area (Å²) in [6.45, 7) is 8.21. The number of aryl methyl sites for hydroxylation is 3. The molecule has 2 atom stereocenters. The largest absolute Gasteiger partial charge is 0.481 e. The second-order valence-electron chi connectivity index (χ2n) is 5.75. The van der Waals surface area contributed by atoms with E-state index in [0.29, 0.717) is 18.5 Å². The lowest BCUT2D eigenvalue weighted by Crippen LogP contribution is -2.38. The van der Waals surface area contributed by atoms with Crippen molar-refractivity contribution in [3.63, 3.8) is 0 Å². The molecule has 1 amide bonds. The van der Waals surface area contributed by atoms with E-state index in [-0.39, 0.29) is 11.9 Å². The summed E-state index contributed by atoms with van der Waals surface area (Å²) in [6, 6.07) is 3.74. The SMILES string of the molecule is Cc1cc(C)c(C(=O)N2CCC(C(=O)O)C2C)c(C)c1. The average molecular weight is 275 g/mol. The highest BCUT2D eigenvalue weighted by molar-refractivity contribution is 5.98. The molecule has 1 heterocycles. The van der Waals surface area contributed by atoms with Gasteiger partial charge in [0, 0.05) is 18.2 Å². The molecule has 1 saturated heterocycles. The van der Waals surface area contributed by atoms with Crippen LogP contribution in [0.15, 0.2) is 12.1 Å². The number of carbonyl (C=O) groups excluding carboxylic acids is 1. The van der Waals surface area contributed by atoms with Gasteiger partial charge >= 0.3 is 5.97 Å². The first-order valence-corrected chi connectivity index (χ1v) is 6.94. The van der Waals surface area contributed by atoms with Crippen LogP contribution in [-0.4, -0.2) is 34.5 Å². The summed E-state index contributed by atoms with van der Waals surface area (Å²) in [4.78, 5) is 25.6. The normalized spacial score (nSPS) is 22.1. The molecule has 0 aromatic heterocycles. The van der Waals surface area contributed by atoms with E-state index < -0.39 is 11.9 Å². The first-order valence-electron chi connectivity index (χ1n) is 6.94. The van der Waals surface area contributed by atoms with Gasteiger partial charge in [-0.3, -0.25) is 9.59 Å². The number of amides is 1. The molecule has 20 heavy (non-hydrogen) atoms. The molecule has 0 aliphatic carbocycles. The predicted octanol–water partition coefficient (Wildman–Crippen LogP) is 2.55. The number of rotatable bonds is 2. The predicted molar refractivity (Wildman–Crippen MR) is 76.9 cm³/mol. The summed E-state index contributed by atoms with van der Waals surface area (Å²) < 4.78 is 0. The first-order chi connectivity index (χ1) is 9.32. The Morgan fingerprint density at radius 2 is 1.75 bits per heavy atom. The van der Waals surface area contributed by atoms with Gasteiger partial charge in [0.15, 0.2) is 0 Å². The van der Waals surface area contributed by atoms with Crippen LogP contribution in [0.4, 0.5) is 0 Å². The molecule has 4 nitrogen and oxygen atoms in total. The highest BCUT2D eigenvalue weighted by Gasteiger charge is 2.38. The Labute approximate surface area is 119 Å². The standard InChI is InChI=1S/C16H21NO3/c1-9-7-10(2)14(11(3)8-9)15(18)17-6-5-13(12(17)4)16(19)20/h7-8,12-13H,5-6H2,1-4H3,(H,19,20). The van der Waals surface area contributed by atoms with Crippen molar-refractivity contribution in [1.82, 2.24) is 4.90 Å². The fourth-order valence-corrected chi connectivity index (χ4v) is 3.22. The van der Waals surface area contributed by atoms with Crippen LogP contribution >= 0.6 is 0 Å². The maximum Gasteiger partial charge on any atom is 0.308 e. The van der Waals surface area contributed by atoms with E-state index in [0.717, 1.165) is 16.7 Å². The number of aliphatic carboxylic acids is 1. The van der Waals surface area contributed by atoms with Crippen molar-refractivity contribution in [1.29, 1.82) is 0 Å². The molecule has 1 aromatic carbocycles. The number of hydrogen-bond acceptors (Lipinski definition) is 2. The maximum atomic E-state index is 12.7.